The monoisotopic (exact) mass is 446 g/mol. The Morgan fingerprint density at radius 1 is 1.10 bits per heavy atom. The number of nitrogens with zero attached hydrogens (tertiary/aromatic N) is 1. The summed E-state index contributed by atoms with van der Waals surface area (Å²) in [6, 6.07) is 12.3. The van der Waals surface area contributed by atoms with E-state index < -0.39 is 11.8 Å². The Kier molecular flexibility index (Phi) is 7.63. The van der Waals surface area contributed by atoms with Crippen LogP contribution in [-0.4, -0.2) is 42.4 Å². The molecule has 1 unspecified atom stereocenters. The van der Waals surface area contributed by atoms with E-state index >= 15 is 0 Å². The molecule has 1 N–H and O–H groups in total. The van der Waals surface area contributed by atoms with E-state index in [1.807, 2.05) is 19.1 Å². The maximum atomic E-state index is 13.0. The molecule has 0 aromatic heterocycles. The Bertz CT molecular complexity index is 926. The number of carbonyl (C=O) groups is 3. The van der Waals surface area contributed by atoms with Crippen LogP contribution in [0.4, 0.5) is 4.39 Å². The van der Waals surface area contributed by atoms with Crippen molar-refractivity contribution in [2.75, 3.05) is 19.7 Å². The van der Waals surface area contributed by atoms with Gasteiger partial charge in [-0.3, -0.25) is 14.4 Å². The van der Waals surface area contributed by atoms with Gasteiger partial charge in [0, 0.05) is 23.7 Å². The number of rotatable bonds is 6. The van der Waals surface area contributed by atoms with Gasteiger partial charge in [0.1, 0.15) is 5.82 Å². The largest absolute Gasteiger partial charge is 0.455 e. The number of benzene rings is 2. The number of likely N-dealkylation sites (tertiary alicyclic amines) is 1. The molecule has 3 rings (SSSR count). The van der Waals surface area contributed by atoms with E-state index in [9.17, 15) is 18.8 Å². The fraction of sp³-hybridized carbons (Fsp3) is 0.348. The SMILES string of the molecule is CC(NC(=O)COC(=O)C1CCN(C(=O)c2ccc(F)cc2)CC1)c1ccc(Cl)cc1. The van der Waals surface area contributed by atoms with Gasteiger partial charge in [-0.2, -0.15) is 0 Å². The second kappa shape index (κ2) is 10.4. The van der Waals surface area contributed by atoms with E-state index in [-0.39, 0.29) is 30.4 Å². The molecule has 0 aliphatic carbocycles. The number of ether oxygens (including phenoxy) is 1. The van der Waals surface area contributed by atoms with Gasteiger partial charge < -0.3 is 15.0 Å². The summed E-state index contributed by atoms with van der Waals surface area (Å²) in [5.41, 5.74) is 1.30. The molecule has 0 spiro atoms. The molecule has 1 atom stereocenters. The second-order valence-corrected chi connectivity index (χ2v) is 7.96. The number of nitrogens with one attached hydrogen (secondary N) is 1. The van der Waals surface area contributed by atoms with Crippen LogP contribution in [0.2, 0.25) is 5.02 Å². The third kappa shape index (κ3) is 6.28. The predicted molar refractivity (Wildman–Crippen MR) is 114 cm³/mol. The summed E-state index contributed by atoms with van der Waals surface area (Å²) in [5.74, 6) is -1.78. The fourth-order valence-corrected chi connectivity index (χ4v) is 3.59. The fourth-order valence-electron chi connectivity index (χ4n) is 3.47. The van der Waals surface area contributed by atoms with Crippen molar-refractivity contribution in [3.63, 3.8) is 0 Å². The minimum atomic E-state index is -0.442. The molecular formula is C23H24ClFN2O4. The van der Waals surface area contributed by atoms with Gasteiger partial charge in [0.15, 0.2) is 6.61 Å². The van der Waals surface area contributed by atoms with Crippen molar-refractivity contribution in [2.45, 2.75) is 25.8 Å². The Morgan fingerprint density at radius 2 is 1.71 bits per heavy atom. The molecule has 1 aliphatic heterocycles. The molecule has 6 nitrogen and oxygen atoms in total. The molecule has 2 aromatic carbocycles. The lowest BCUT2D eigenvalue weighted by Crippen LogP contribution is -2.41. The summed E-state index contributed by atoms with van der Waals surface area (Å²) in [7, 11) is 0. The predicted octanol–water partition coefficient (Wildman–Crippen LogP) is 3.75. The molecule has 31 heavy (non-hydrogen) atoms. The first-order chi connectivity index (χ1) is 14.8. The Hall–Kier alpha value is -2.93. The van der Waals surface area contributed by atoms with Crippen molar-refractivity contribution in [3.8, 4) is 0 Å². The summed E-state index contributed by atoms with van der Waals surface area (Å²) < 4.78 is 18.2. The first-order valence-electron chi connectivity index (χ1n) is 10.1. The van der Waals surface area contributed by atoms with Crippen LogP contribution in [0.1, 0.15) is 41.7 Å². The van der Waals surface area contributed by atoms with Gasteiger partial charge in [-0.25, -0.2) is 4.39 Å². The van der Waals surface area contributed by atoms with Crippen molar-refractivity contribution in [1.82, 2.24) is 10.2 Å². The maximum Gasteiger partial charge on any atom is 0.309 e. The van der Waals surface area contributed by atoms with Crippen molar-refractivity contribution in [2.24, 2.45) is 5.92 Å². The van der Waals surface area contributed by atoms with Crippen molar-refractivity contribution in [3.05, 3.63) is 70.5 Å². The lowest BCUT2D eigenvalue weighted by Gasteiger charge is -2.31. The third-order valence-electron chi connectivity index (χ3n) is 5.30. The number of halogens is 2. The number of amides is 2. The zero-order chi connectivity index (χ0) is 22.4. The molecule has 2 aromatic rings. The minimum absolute atomic E-state index is 0.192. The number of piperidine rings is 1. The van der Waals surface area contributed by atoms with Gasteiger partial charge in [-0.05, 0) is 61.7 Å². The Morgan fingerprint density at radius 3 is 2.32 bits per heavy atom. The zero-order valence-corrected chi connectivity index (χ0v) is 17.9. The van der Waals surface area contributed by atoms with Crippen LogP contribution in [0.3, 0.4) is 0 Å². The maximum absolute atomic E-state index is 13.0. The van der Waals surface area contributed by atoms with Crippen LogP contribution in [0.25, 0.3) is 0 Å². The average molecular weight is 447 g/mol. The Labute approximate surface area is 185 Å². The molecule has 0 bridgehead atoms. The van der Waals surface area contributed by atoms with E-state index in [4.69, 9.17) is 16.3 Å². The molecule has 0 saturated carbocycles. The number of hydrogen-bond acceptors (Lipinski definition) is 4. The summed E-state index contributed by atoms with van der Waals surface area (Å²) in [6.45, 7) is 2.27. The summed E-state index contributed by atoms with van der Waals surface area (Å²) in [5, 5.41) is 3.39. The standard InChI is InChI=1S/C23H24ClFN2O4/c1-15(16-2-6-19(24)7-3-16)26-21(28)14-31-23(30)18-10-12-27(13-11-18)22(29)17-4-8-20(25)9-5-17/h2-9,15,18H,10-14H2,1H3,(H,26,28). The van der Waals surface area contributed by atoms with Gasteiger partial charge in [-0.1, -0.05) is 23.7 Å². The highest BCUT2D eigenvalue weighted by Gasteiger charge is 2.29. The molecule has 2 amide bonds. The average Bonchev–Trinajstić information content (AvgIpc) is 2.78. The van der Waals surface area contributed by atoms with Crippen LogP contribution < -0.4 is 5.32 Å². The van der Waals surface area contributed by atoms with Crippen LogP contribution in [0.5, 0.6) is 0 Å². The summed E-state index contributed by atoms with van der Waals surface area (Å²) >= 11 is 5.86. The Balaban J connectivity index is 1.41. The first-order valence-corrected chi connectivity index (χ1v) is 10.5. The molecule has 1 saturated heterocycles. The highest BCUT2D eigenvalue weighted by Crippen LogP contribution is 2.21. The molecule has 164 valence electrons. The van der Waals surface area contributed by atoms with E-state index in [1.54, 1.807) is 17.0 Å². The lowest BCUT2D eigenvalue weighted by molar-refractivity contribution is -0.154. The third-order valence-corrected chi connectivity index (χ3v) is 5.55. The molecule has 8 heteroatoms. The van der Waals surface area contributed by atoms with Gasteiger partial charge in [0.2, 0.25) is 0 Å². The molecule has 1 fully saturated rings. The van der Waals surface area contributed by atoms with Crippen molar-refractivity contribution in [1.29, 1.82) is 0 Å². The van der Waals surface area contributed by atoms with Gasteiger partial charge in [0.25, 0.3) is 11.8 Å². The molecule has 1 heterocycles. The van der Waals surface area contributed by atoms with Gasteiger partial charge in [-0.15, -0.1) is 0 Å². The normalized spacial score (nSPS) is 15.3. The topological polar surface area (TPSA) is 75.7 Å². The minimum Gasteiger partial charge on any atom is -0.455 e. The number of esters is 1. The lowest BCUT2D eigenvalue weighted by atomic mass is 9.96. The summed E-state index contributed by atoms with van der Waals surface area (Å²) in [6.07, 6.45) is 0.906. The first kappa shape index (κ1) is 22.7. The molecule has 0 radical (unpaired) electrons. The van der Waals surface area contributed by atoms with Crippen molar-refractivity contribution < 1.29 is 23.5 Å². The van der Waals surface area contributed by atoms with E-state index in [0.717, 1.165) is 5.56 Å². The van der Waals surface area contributed by atoms with Gasteiger partial charge >= 0.3 is 5.97 Å². The van der Waals surface area contributed by atoms with E-state index in [1.165, 1.54) is 24.3 Å². The van der Waals surface area contributed by atoms with Crippen LogP contribution in [0, 0.1) is 11.7 Å². The second-order valence-electron chi connectivity index (χ2n) is 7.52. The highest BCUT2D eigenvalue weighted by molar-refractivity contribution is 6.30. The highest BCUT2D eigenvalue weighted by atomic mass is 35.5. The smallest absolute Gasteiger partial charge is 0.309 e. The van der Waals surface area contributed by atoms with Crippen LogP contribution in [0.15, 0.2) is 48.5 Å². The molecule has 1 aliphatic rings. The van der Waals surface area contributed by atoms with Gasteiger partial charge in [0.05, 0.1) is 12.0 Å². The number of carbonyl (C=O) groups excluding carboxylic acids is 3. The van der Waals surface area contributed by atoms with Crippen LogP contribution >= 0.6 is 11.6 Å². The van der Waals surface area contributed by atoms with E-state index in [2.05, 4.69) is 5.32 Å². The van der Waals surface area contributed by atoms with E-state index in [0.29, 0.717) is 36.5 Å². The zero-order valence-electron chi connectivity index (χ0n) is 17.1. The quantitative estimate of drug-likeness (QED) is 0.686. The van der Waals surface area contributed by atoms with Crippen molar-refractivity contribution >= 4 is 29.4 Å². The molecular weight excluding hydrogens is 423 g/mol. The number of hydrogen-bond donors (Lipinski definition) is 1. The summed E-state index contributed by atoms with van der Waals surface area (Å²) in [4.78, 5) is 38.5. The van der Waals surface area contributed by atoms with Crippen LogP contribution in [-0.2, 0) is 14.3 Å².